The molecule has 2 aliphatic rings. The number of aromatic nitrogens is 1. The van der Waals surface area contributed by atoms with Crippen LogP contribution >= 0.6 is 0 Å². The first-order chi connectivity index (χ1) is 11.1. The van der Waals surface area contributed by atoms with Crippen LogP contribution in [-0.2, 0) is 6.54 Å². The topological polar surface area (TPSA) is 77.5 Å². The molecule has 1 aliphatic heterocycles. The summed E-state index contributed by atoms with van der Waals surface area (Å²) in [6, 6.07) is 3.85. The van der Waals surface area contributed by atoms with Crippen LogP contribution in [0.3, 0.4) is 0 Å². The number of aryl methyl sites for hydroxylation is 1. The maximum atomic E-state index is 12.0. The number of amides is 2. The van der Waals surface area contributed by atoms with E-state index in [4.69, 9.17) is 0 Å². The number of urea groups is 1. The van der Waals surface area contributed by atoms with Gasteiger partial charge in [-0.2, -0.15) is 0 Å². The molecule has 2 heterocycles. The minimum Gasteiger partial charge on any atom is -0.396 e. The fraction of sp³-hybridized carbons (Fsp3) is 0.647. The van der Waals surface area contributed by atoms with Crippen LogP contribution in [0.15, 0.2) is 12.1 Å². The number of nitrogens with zero attached hydrogens (tertiary/aromatic N) is 2. The fourth-order valence-electron chi connectivity index (χ4n) is 2.99. The number of hydrogen-bond donors (Lipinski definition) is 3. The fourth-order valence-corrected chi connectivity index (χ4v) is 2.99. The van der Waals surface area contributed by atoms with Crippen molar-refractivity contribution in [2.24, 2.45) is 5.41 Å². The molecule has 126 valence electrons. The zero-order valence-electron chi connectivity index (χ0n) is 13.8. The Bertz CT molecular complexity index is 566. The summed E-state index contributed by atoms with van der Waals surface area (Å²) in [7, 11) is 0. The molecule has 1 saturated heterocycles. The van der Waals surface area contributed by atoms with Gasteiger partial charge in [-0.15, -0.1) is 0 Å². The number of aliphatic hydroxyl groups excluding tert-OH is 1. The van der Waals surface area contributed by atoms with Crippen LogP contribution in [-0.4, -0.2) is 42.4 Å². The Morgan fingerprint density at radius 3 is 2.70 bits per heavy atom. The summed E-state index contributed by atoms with van der Waals surface area (Å²) in [5.74, 6) is 0.997. The third-order valence-corrected chi connectivity index (χ3v) is 4.86. The van der Waals surface area contributed by atoms with Gasteiger partial charge in [-0.25, -0.2) is 9.78 Å². The van der Waals surface area contributed by atoms with E-state index in [1.807, 2.05) is 19.1 Å². The van der Waals surface area contributed by atoms with Crippen LogP contribution in [0.2, 0.25) is 0 Å². The molecule has 0 spiro atoms. The van der Waals surface area contributed by atoms with E-state index in [-0.39, 0.29) is 18.1 Å². The van der Waals surface area contributed by atoms with Gasteiger partial charge in [-0.1, -0.05) is 6.07 Å². The zero-order valence-corrected chi connectivity index (χ0v) is 13.8. The van der Waals surface area contributed by atoms with Gasteiger partial charge in [-0.3, -0.25) is 0 Å². The van der Waals surface area contributed by atoms with E-state index < -0.39 is 0 Å². The molecule has 2 amide bonds. The Hall–Kier alpha value is -1.82. The number of aliphatic hydroxyl groups is 1. The molecule has 0 atom stereocenters. The number of carbonyl (C=O) groups is 1. The quantitative estimate of drug-likeness (QED) is 0.744. The summed E-state index contributed by atoms with van der Waals surface area (Å²) in [6.45, 7) is 5.22. The third-order valence-electron chi connectivity index (χ3n) is 4.86. The average Bonchev–Trinajstić information content (AvgIpc) is 3.14. The third kappa shape index (κ3) is 3.93. The normalized spacial score (nSPS) is 18.8. The zero-order chi connectivity index (χ0) is 16.3. The molecule has 0 unspecified atom stereocenters. The van der Waals surface area contributed by atoms with Crippen LogP contribution in [0.5, 0.6) is 0 Å². The maximum absolute atomic E-state index is 12.0. The summed E-state index contributed by atoms with van der Waals surface area (Å²) in [5.41, 5.74) is 1.98. The first-order valence-electron chi connectivity index (χ1n) is 8.46. The minimum atomic E-state index is -0.183. The predicted octanol–water partition coefficient (Wildman–Crippen LogP) is 1.56. The van der Waals surface area contributed by atoms with Gasteiger partial charge in [0.25, 0.3) is 0 Å². The van der Waals surface area contributed by atoms with Crippen molar-refractivity contribution < 1.29 is 9.90 Å². The van der Waals surface area contributed by atoms with Crippen LogP contribution in [0, 0.1) is 12.3 Å². The SMILES string of the molecule is Cc1ccc(CNC(=O)NCC2(CO)CC2)c(N2CCCC2)n1. The first kappa shape index (κ1) is 16.1. The molecule has 6 nitrogen and oxygen atoms in total. The lowest BCUT2D eigenvalue weighted by atomic mass is 10.1. The number of hydrogen-bond acceptors (Lipinski definition) is 4. The molecule has 3 rings (SSSR count). The molecular weight excluding hydrogens is 292 g/mol. The highest BCUT2D eigenvalue weighted by Gasteiger charge is 2.42. The molecular formula is C17H26N4O2. The lowest BCUT2D eigenvalue weighted by Gasteiger charge is -2.21. The van der Waals surface area contributed by atoms with Crippen molar-refractivity contribution in [3.63, 3.8) is 0 Å². The van der Waals surface area contributed by atoms with E-state index >= 15 is 0 Å². The van der Waals surface area contributed by atoms with Gasteiger partial charge in [0.1, 0.15) is 5.82 Å². The van der Waals surface area contributed by atoms with E-state index in [2.05, 4.69) is 20.5 Å². The molecule has 6 heteroatoms. The predicted molar refractivity (Wildman–Crippen MR) is 89.4 cm³/mol. The van der Waals surface area contributed by atoms with E-state index in [0.29, 0.717) is 13.1 Å². The Labute approximate surface area is 137 Å². The Balaban J connectivity index is 1.56. The molecule has 2 fully saturated rings. The van der Waals surface area contributed by atoms with Gasteiger partial charge in [0, 0.05) is 42.9 Å². The monoisotopic (exact) mass is 318 g/mol. The summed E-state index contributed by atoms with van der Waals surface area (Å²) < 4.78 is 0. The largest absolute Gasteiger partial charge is 0.396 e. The summed E-state index contributed by atoms with van der Waals surface area (Å²) >= 11 is 0. The summed E-state index contributed by atoms with van der Waals surface area (Å²) in [5, 5.41) is 15.0. The van der Waals surface area contributed by atoms with Crippen LogP contribution < -0.4 is 15.5 Å². The van der Waals surface area contributed by atoms with Gasteiger partial charge < -0.3 is 20.6 Å². The van der Waals surface area contributed by atoms with Crippen molar-refractivity contribution in [2.75, 3.05) is 31.1 Å². The van der Waals surface area contributed by atoms with Gasteiger partial charge in [0.2, 0.25) is 0 Å². The van der Waals surface area contributed by atoms with E-state index in [1.54, 1.807) is 0 Å². The number of carbonyl (C=O) groups excluding carboxylic acids is 1. The molecule has 0 aromatic carbocycles. The van der Waals surface area contributed by atoms with Crippen LogP contribution in [0.1, 0.15) is 36.9 Å². The molecule has 23 heavy (non-hydrogen) atoms. The van der Waals surface area contributed by atoms with E-state index in [0.717, 1.165) is 43.0 Å². The highest BCUT2D eigenvalue weighted by molar-refractivity contribution is 5.74. The Morgan fingerprint density at radius 2 is 2.04 bits per heavy atom. The lowest BCUT2D eigenvalue weighted by Crippen LogP contribution is -2.39. The van der Waals surface area contributed by atoms with Gasteiger partial charge >= 0.3 is 6.03 Å². The molecule has 3 N–H and O–H groups in total. The molecule has 1 saturated carbocycles. The number of nitrogens with one attached hydrogen (secondary N) is 2. The minimum absolute atomic E-state index is 0.0660. The molecule has 1 aliphatic carbocycles. The van der Waals surface area contributed by atoms with Crippen molar-refractivity contribution in [1.29, 1.82) is 0 Å². The second-order valence-corrected chi connectivity index (χ2v) is 6.82. The van der Waals surface area contributed by atoms with Crippen molar-refractivity contribution in [1.82, 2.24) is 15.6 Å². The molecule has 0 radical (unpaired) electrons. The van der Waals surface area contributed by atoms with Crippen molar-refractivity contribution in [2.45, 2.75) is 39.2 Å². The van der Waals surface area contributed by atoms with Gasteiger partial charge in [-0.05, 0) is 38.7 Å². The van der Waals surface area contributed by atoms with Gasteiger partial charge in [0.05, 0.1) is 6.61 Å². The standard InChI is InChI=1S/C17H26N4O2/c1-13-4-5-14(15(20-13)21-8-2-3-9-21)10-18-16(23)19-11-17(12-22)6-7-17/h4-5,22H,2-3,6-12H2,1H3,(H2,18,19,23). The Kier molecular flexibility index (Phi) is 4.71. The first-order valence-corrected chi connectivity index (χ1v) is 8.46. The van der Waals surface area contributed by atoms with Crippen molar-refractivity contribution in [3.05, 3.63) is 23.4 Å². The number of anilines is 1. The Morgan fingerprint density at radius 1 is 1.30 bits per heavy atom. The highest BCUT2D eigenvalue weighted by Crippen LogP contribution is 2.44. The highest BCUT2D eigenvalue weighted by atomic mass is 16.3. The van der Waals surface area contributed by atoms with Crippen LogP contribution in [0.25, 0.3) is 0 Å². The van der Waals surface area contributed by atoms with E-state index in [9.17, 15) is 9.90 Å². The second-order valence-electron chi connectivity index (χ2n) is 6.82. The summed E-state index contributed by atoms with van der Waals surface area (Å²) in [4.78, 5) is 18.9. The van der Waals surface area contributed by atoms with Gasteiger partial charge in [0.15, 0.2) is 0 Å². The smallest absolute Gasteiger partial charge is 0.315 e. The summed E-state index contributed by atoms with van der Waals surface area (Å²) in [6.07, 6.45) is 4.38. The number of pyridine rings is 1. The molecule has 0 bridgehead atoms. The van der Waals surface area contributed by atoms with Crippen LogP contribution in [0.4, 0.5) is 10.6 Å². The van der Waals surface area contributed by atoms with E-state index in [1.165, 1.54) is 12.8 Å². The van der Waals surface area contributed by atoms with Crippen molar-refractivity contribution in [3.8, 4) is 0 Å². The molecule has 1 aromatic rings. The number of rotatable bonds is 6. The maximum Gasteiger partial charge on any atom is 0.315 e. The lowest BCUT2D eigenvalue weighted by molar-refractivity contribution is 0.203. The second kappa shape index (κ2) is 6.74. The average molecular weight is 318 g/mol. The van der Waals surface area contributed by atoms with Crippen molar-refractivity contribution >= 4 is 11.8 Å². The molecule has 1 aromatic heterocycles.